The monoisotopic (exact) mass is 461 g/mol. The number of rotatable bonds is 4. The summed E-state index contributed by atoms with van der Waals surface area (Å²) in [5.74, 6) is -2.35. The maximum Gasteiger partial charge on any atom is 0.337 e. The molecular weight excluding hydrogens is 442 g/mol. The molecule has 0 aromatic heterocycles. The lowest BCUT2D eigenvalue weighted by atomic mass is 9.94. The summed E-state index contributed by atoms with van der Waals surface area (Å²) in [6, 6.07) is 19.0. The summed E-state index contributed by atoms with van der Waals surface area (Å²) in [6.07, 6.45) is 0. The first-order chi connectivity index (χ1) is 15.8. The predicted molar refractivity (Wildman–Crippen MR) is 125 cm³/mol. The molecule has 3 aromatic rings. The number of nitrogens with zero attached hydrogens (tertiary/aromatic N) is 1. The SMILES string of the molecule is COC(=O)c1ccc(C2C(=C(O)c3ccc(C)cc3)C(=O)C(=O)N2c2ccc(Cl)cc2)cc1. The molecule has 7 heteroatoms. The molecule has 1 unspecified atom stereocenters. The number of Topliss-reactive ketones (excluding diaryl/α,β-unsaturated/α-hetero) is 1. The van der Waals surface area contributed by atoms with Crippen LogP contribution in [0, 0.1) is 6.92 Å². The summed E-state index contributed by atoms with van der Waals surface area (Å²) in [7, 11) is 1.28. The van der Waals surface area contributed by atoms with Crippen LogP contribution in [-0.4, -0.2) is 29.9 Å². The molecule has 6 nitrogen and oxygen atoms in total. The lowest BCUT2D eigenvalue weighted by Crippen LogP contribution is -2.29. The van der Waals surface area contributed by atoms with Crippen LogP contribution in [0.3, 0.4) is 0 Å². The van der Waals surface area contributed by atoms with Gasteiger partial charge in [-0.15, -0.1) is 0 Å². The van der Waals surface area contributed by atoms with E-state index in [4.69, 9.17) is 16.3 Å². The second-order valence-corrected chi connectivity index (χ2v) is 8.06. The Kier molecular flexibility index (Phi) is 6.03. The summed E-state index contributed by atoms with van der Waals surface area (Å²) in [5, 5.41) is 11.6. The van der Waals surface area contributed by atoms with Gasteiger partial charge in [0.2, 0.25) is 0 Å². The van der Waals surface area contributed by atoms with Crippen LogP contribution in [0.4, 0.5) is 5.69 Å². The first-order valence-corrected chi connectivity index (χ1v) is 10.5. The largest absolute Gasteiger partial charge is 0.507 e. The molecule has 1 heterocycles. The lowest BCUT2D eigenvalue weighted by molar-refractivity contribution is -0.132. The van der Waals surface area contributed by atoms with Crippen molar-refractivity contribution >= 4 is 40.7 Å². The molecule has 1 aliphatic heterocycles. The number of benzene rings is 3. The van der Waals surface area contributed by atoms with Gasteiger partial charge in [-0.3, -0.25) is 14.5 Å². The number of carbonyl (C=O) groups excluding carboxylic acids is 3. The van der Waals surface area contributed by atoms with E-state index in [2.05, 4.69) is 0 Å². The molecule has 0 aliphatic carbocycles. The molecule has 3 aromatic carbocycles. The predicted octanol–water partition coefficient (Wildman–Crippen LogP) is 5.06. The van der Waals surface area contributed by atoms with Gasteiger partial charge in [-0.05, 0) is 48.9 Å². The minimum Gasteiger partial charge on any atom is -0.507 e. The van der Waals surface area contributed by atoms with Crippen molar-refractivity contribution in [2.45, 2.75) is 13.0 Å². The van der Waals surface area contributed by atoms with Crippen LogP contribution < -0.4 is 4.90 Å². The Morgan fingerprint density at radius 3 is 2.06 bits per heavy atom. The molecule has 4 rings (SSSR count). The van der Waals surface area contributed by atoms with Crippen LogP contribution in [0.1, 0.15) is 33.1 Å². The summed E-state index contributed by atoms with van der Waals surface area (Å²) in [4.78, 5) is 39.4. The third kappa shape index (κ3) is 4.13. The van der Waals surface area contributed by atoms with E-state index in [0.717, 1.165) is 5.56 Å². The van der Waals surface area contributed by atoms with E-state index in [-0.39, 0.29) is 11.3 Å². The molecule has 1 amide bonds. The standard InChI is InChI=1S/C26H20ClNO5/c1-15-3-5-17(6-4-15)23(29)21-22(16-7-9-18(10-8-16)26(32)33-2)28(25(31)24(21)30)20-13-11-19(27)12-14-20/h3-14,22,29H,1-2H3. The Balaban J connectivity index is 1.90. The fourth-order valence-corrected chi connectivity index (χ4v) is 3.93. The molecule has 0 saturated carbocycles. The maximum atomic E-state index is 13.1. The summed E-state index contributed by atoms with van der Waals surface area (Å²) >= 11 is 6.01. The third-order valence-electron chi connectivity index (χ3n) is 5.52. The van der Waals surface area contributed by atoms with Crippen molar-refractivity contribution in [3.8, 4) is 0 Å². The van der Waals surface area contributed by atoms with E-state index in [1.807, 2.05) is 19.1 Å². The fourth-order valence-electron chi connectivity index (χ4n) is 3.80. The van der Waals surface area contributed by atoms with Crippen LogP contribution in [-0.2, 0) is 14.3 Å². The van der Waals surface area contributed by atoms with E-state index in [9.17, 15) is 19.5 Å². The van der Waals surface area contributed by atoms with Crippen LogP contribution in [0.15, 0.2) is 78.4 Å². The average Bonchev–Trinajstić information content (AvgIpc) is 3.09. The van der Waals surface area contributed by atoms with Crippen molar-refractivity contribution in [2.24, 2.45) is 0 Å². The minimum atomic E-state index is -0.904. The zero-order chi connectivity index (χ0) is 23.7. The first kappa shape index (κ1) is 22.3. The number of amides is 1. The van der Waals surface area contributed by atoms with Gasteiger partial charge >= 0.3 is 5.97 Å². The van der Waals surface area contributed by atoms with Crippen LogP contribution in [0.25, 0.3) is 5.76 Å². The molecule has 1 N–H and O–H groups in total. The topological polar surface area (TPSA) is 83.9 Å². The highest BCUT2D eigenvalue weighted by Gasteiger charge is 2.47. The number of esters is 1. The van der Waals surface area contributed by atoms with Crippen molar-refractivity contribution in [1.82, 2.24) is 0 Å². The number of halogens is 1. The highest BCUT2D eigenvalue weighted by atomic mass is 35.5. The Morgan fingerprint density at radius 2 is 1.48 bits per heavy atom. The maximum absolute atomic E-state index is 13.1. The molecule has 1 atom stereocenters. The fraction of sp³-hybridized carbons (Fsp3) is 0.115. The lowest BCUT2D eigenvalue weighted by Gasteiger charge is -2.25. The van der Waals surface area contributed by atoms with Gasteiger partial charge in [-0.25, -0.2) is 4.79 Å². The number of ketones is 1. The third-order valence-corrected chi connectivity index (χ3v) is 5.77. The van der Waals surface area contributed by atoms with Gasteiger partial charge in [0, 0.05) is 16.3 Å². The minimum absolute atomic E-state index is 0.0374. The molecule has 33 heavy (non-hydrogen) atoms. The Labute approximate surface area is 195 Å². The van der Waals surface area contributed by atoms with Crippen LogP contribution in [0.5, 0.6) is 0 Å². The van der Waals surface area contributed by atoms with Gasteiger partial charge in [0.25, 0.3) is 11.7 Å². The van der Waals surface area contributed by atoms with E-state index in [1.54, 1.807) is 60.7 Å². The van der Waals surface area contributed by atoms with Crippen molar-refractivity contribution in [2.75, 3.05) is 12.0 Å². The number of anilines is 1. The molecule has 1 saturated heterocycles. The number of aliphatic hydroxyl groups excluding tert-OH is 1. The smallest absolute Gasteiger partial charge is 0.337 e. The Hall–Kier alpha value is -3.90. The second-order valence-electron chi connectivity index (χ2n) is 7.63. The number of aliphatic hydroxyl groups is 1. The zero-order valence-electron chi connectivity index (χ0n) is 17.9. The van der Waals surface area contributed by atoms with Gasteiger partial charge < -0.3 is 9.84 Å². The van der Waals surface area contributed by atoms with Crippen molar-refractivity contribution < 1.29 is 24.2 Å². The second kappa shape index (κ2) is 8.92. The molecular formula is C26H20ClNO5. The van der Waals surface area contributed by atoms with E-state index >= 15 is 0 Å². The van der Waals surface area contributed by atoms with Gasteiger partial charge in [0.1, 0.15) is 5.76 Å². The van der Waals surface area contributed by atoms with Gasteiger partial charge in [-0.2, -0.15) is 0 Å². The van der Waals surface area contributed by atoms with Gasteiger partial charge in [0.15, 0.2) is 0 Å². The van der Waals surface area contributed by atoms with Crippen LogP contribution in [0.2, 0.25) is 5.02 Å². The van der Waals surface area contributed by atoms with Crippen molar-refractivity contribution in [1.29, 1.82) is 0 Å². The molecule has 1 aliphatic rings. The van der Waals surface area contributed by atoms with E-state index < -0.39 is 23.7 Å². The molecule has 0 bridgehead atoms. The van der Waals surface area contributed by atoms with Crippen molar-refractivity contribution in [3.05, 3.63) is 106 Å². The summed E-state index contributed by atoms with van der Waals surface area (Å²) in [6.45, 7) is 1.91. The van der Waals surface area contributed by atoms with E-state index in [1.165, 1.54) is 12.0 Å². The number of methoxy groups -OCH3 is 1. The normalized spacial score (nSPS) is 17.3. The quantitative estimate of drug-likeness (QED) is 0.254. The Bertz CT molecular complexity index is 1260. The Morgan fingerprint density at radius 1 is 0.909 bits per heavy atom. The molecule has 166 valence electrons. The van der Waals surface area contributed by atoms with Crippen LogP contribution >= 0.6 is 11.6 Å². The van der Waals surface area contributed by atoms with Gasteiger partial charge in [0.05, 0.1) is 24.3 Å². The number of aryl methyl sites for hydroxylation is 1. The highest BCUT2D eigenvalue weighted by molar-refractivity contribution is 6.51. The number of carbonyl (C=O) groups is 3. The summed E-state index contributed by atoms with van der Waals surface area (Å²) in [5.41, 5.74) is 2.69. The molecule has 0 radical (unpaired) electrons. The summed E-state index contributed by atoms with van der Waals surface area (Å²) < 4.78 is 4.74. The first-order valence-electron chi connectivity index (χ1n) is 10.1. The van der Waals surface area contributed by atoms with Crippen molar-refractivity contribution in [3.63, 3.8) is 0 Å². The van der Waals surface area contributed by atoms with E-state index in [0.29, 0.717) is 27.4 Å². The molecule has 1 fully saturated rings. The van der Waals surface area contributed by atoms with Gasteiger partial charge in [-0.1, -0.05) is 53.6 Å². The average molecular weight is 462 g/mol. The zero-order valence-corrected chi connectivity index (χ0v) is 18.7. The highest BCUT2D eigenvalue weighted by Crippen LogP contribution is 2.42. The number of hydrogen-bond acceptors (Lipinski definition) is 5. The number of hydrogen-bond donors (Lipinski definition) is 1. The number of ether oxygens (including phenoxy) is 1. The molecule has 0 spiro atoms.